The Labute approximate surface area is 155 Å². The molecule has 0 saturated heterocycles. The molecule has 130 valence electrons. The predicted octanol–water partition coefficient (Wildman–Crippen LogP) is 3.49. The van der Waals surface area contributed by atoms with E-state index < -0.39 is 0 Å². The first-order valence-corrected chi connectivity index (χ1v) is 8.64. The number of aromatic nitrogens is 4. The average Bonchev–Trinajstić information content (AvgIpc) is 3.36. The molecule has 0 bridgehead atoms. The molecule has 1 aromatic heterocycles. The largest absolute Gasteiger partial charge is 0.322 e. The van der Waals surface area contributed by atoms with Gasteiger partial charge in [0.05, 0.1) is 5.69 Å². The molecule has 27 heavy (non-hydrogen) atoms. The third-order valence-electron chi connectivity index (χ3n) is 4.80. The Bertz CT molecular complexity index is 1130. The number of tetrazole rings is 1. The third kappa shape index (κ3) is 2.77. The maximum absolute atomic E-state index is 12.6. The van der Waals surface area contributed by atoms with Crippen molar-refractivity contribution < 1.29 is 4.79 Å². The zero-order chi connectivity index (χ0) is 18.2. The second-order valence-electron chi connectivity index (χ2n) is 6.46. The normalized spacial score (nSPS) is 11.7. The minimum absolute atomic E-state index is 0.149. The molecule has 1 aliphatic carbocycles. The van der Waals surface area contributed by atoms with Crippen LogP contribution in [0.15, 0.2) is 73.1 Å². The lowest BCUT2D eigenvalue weighted by molar-refractivity contribution is 0.102. The first-order valence-electron chi connectivity index (χ1n) is 8.64. The van der Waals surface area contributed by atoms with E-state index in [1.807, 2.05) is 24.3 Å². The average molecular weight is 353 g/mol. The zero-order valence-corrected chi connectivity index (χ0v) is 14.3. The quantitative estimate of drug-likeness (QED) is 0.539. The number of rotatable bonds is 3. The van der Waals surface area contributed by atoms with Gasteiger partial charge in [0.1, 0.15) is 6.33 Å². The van der Waals surface area contributed by atoms with Gasteiger partial charge in [-0.15, -0.1) is 5.10 Å². The molecule has 0 saturated carbocycles. The third-order valence-corrected chi connectivity index (χ3v) is 4.80. The Balaban J connectivity index is 1.38. The molecular weight excluding hydrogens is 338 g/mol. The number of carbonyl (C=O) groups is 1. The highest BCUT2D eigenvalue weighted by atomic mass is 16.1. The van der Waals surface area contributed by atoms with Gasteiger partial charge in [0.2, 0.25) is 0 Å². The molecular formula is C21H15N5O. The van der Waals surface area contributed by atoms with E-state index in [9.17, 15) is 4.79 Å². The van der Waals surface area contributed by atoms with Crippen molar-refractivity contribution >= 4 is 11.6 Å². The van der Waals surface area contributed by atoms with Gasteiger partial charge in [0.25, 0.3) is 5.91 Å². The van der Waals surface area contributed by atoms with Crippen LogP contribution in [0.2, 0.25) is 0 Å². The van der Waals surface area contributed by atoms with Gasteiger partial charge < -0.3 is 5.32 Å². The molecule has 6 heteroatoms. The number of anilines is 1. The van der Waals surface area contributed by atoms with Crippen molar-refractivity contribution in [2.24, 2.45) is 0 Å². The molecule has 0 spiro atoms. The van der Waals surface area contributed by atoms with Crippen LogP contribution in [0.5, 0.6) is 0 Å². The smallest absolute Gasteiger partial charge is 0.255 e. The molecule has 5 rings (SSSR count). The highest BCUT2D eigenvalue weighted by Crippen LogP contribution is 2.37. The highest BCUT2D eigenvalue weighted by molar-refractivity contribution is 6.04. The van der Waals surface area contributed by atoms with Crippen molar-refractivity contribution in [1.29, 1.82) is 0 Å². The highest BCUT2D eigenvalue weighted by Gasteiger charge is 2.18. The first kappa shape index (κ1) is 15.5. The van der Waals surface area contributed by atoms with Gasteiger partial charge in [-0.3, -0.25) is 4.79 Å². The second kappa shape index (κ2) is 6.17. The molecule has 1 amide bonds. The van der Waals surface area contributed by atoms with Crippen LogP contribution < -0.4 is 5.32 Å². The number of hydrogen-bond donors (Lipinski definition) is 1. The van der Waals surface area contributed by atoms with Crippen molar-refractivity contribution in [3.05, 3.63) is 89.7 Å². The summed E-state index contributed by atoms with van der Waals surface area (Å²) >= 11 is 0. The number of nitrogens with one attached hydrogen (secondary N) is 1. The second-order valence-corrected chi connectivity index (χ2v) is 6.46. The van der Waals surface area contributed by atoms with Gasteiger partial charge in [0, 0.05) is 11.3 Å². The molecule has 4 aromatic rings. The Morgan fingerprint density at radius 3 is 2.56 bits per heavy atom. The van der Waals surface area contributed by atoms with Crippen LogP contribution in [0, 0.1) is 0 Å². The van der Waals surface area contributed by atoms with Crippen molar-refractivity contribution in [3.8, 4) is 16.8 Å². The summed E-state index contributed by atoms with van der Waals surface area (Å²) in [6, 6.07) is 21.6. The van der Waals surface area contributed by atoms with E-state index in [1.54, 1.807) is 16.8 Å². The van der Waals surface area contributed by atoms with Gasteiger partial charge in [-0.2, -0.15) is 0 Å². The topological polar surface area (TPSA) is 72.7 Å². The van der Waals surface area contributed by atoms with Gasteiger partial charge in [-0.05, 0) is 75.5 Å². The van der Waals surface area contributed by atoms with Crippen molar-refractivity contribution in [2.45, 2.75) is 6.42 Å². The van der Waals surface area contributed by atoms with Crippen LogP contribution in [0.25, 0.3) is 16.8 Å². The van der Waals surface area contributed by atoms with Gasteiger partial charge in [-0.25, -0.2) is 4.68 Å². The Hall–Kier alpha value is -3.80. The minimum Gasteiger partial charge on any atom is -0.322 e. The Kier molecular flexibility index (Phi) is 3.53. The van der Waals surface area contributed by atoms with E-state index in [-0.39, 0.29) is 5.91 Å². The summed E-state index contributed by atoms with van der Waals surface area (Å²) in [5.74, 6) is -0.149. The molecule has 1 aliphatic rings. The summed E-state index contributed by atoms with van der Waals surface area (Å²) in [5, 5.41) is 14.0. The molecule has 0 atom stereocenters. The number of nitrogens with zero attached hydrogens (tertiary/aromatic N) is 4. The van der Waals surface area contributed by atoms with Crippen molar-refractivity contribution in [1.82, 2.24) is 20.2 Å². The fraction of sp³-hybridized carbons (Fsp3) is 0.0476. The summed E-state index contributed by atoms with van der Waals surface area (Å²) < 4.78 is 1.54. The lowest BCUT2D eigenvalue weighted by Gasteiger charge is -2.09. The van der Waals surface area contributed by atoms with E-state index in [2.05, 4.69) is 51.2 Å². The number of benzene rings is 3. The fourth-order valence-electron chi connectivity index (χ4n) is 3.45. The van der Waals surface area contributed by atoms with Crippen LogP contribution in [-0.4, -0.2) is 26.1 Å². The van der Waals surface area contributed by atoms with E-state index in [4.69, 9.17) is 0 Å². The van der Waals surface area contributed by atoms with Crippen molar-refractivity contribution in [2.75, 3.05) is 5.32 Å². The van der Waals surface area contributed by atoms with Crippen LogP contribution in [0.3, 0.4) is 0 Å². The number of carbonyl (C=O) groups excluding carboxylic acids is 1. The lowest BCUT2D eigenvalue weighted by Crippen LogP contribution is -2.12. The first-order chi connectivity index (χ1) is 13.3. The van der Waals surface area contributed by atoms with Crippen LogP contribution in [0.1, 0.15) is 21.5 Å². The van der Waals surface area contributed by atoms with E-state index in [0.717, 1.165) is 17.8 Å². The minimum atomic E-state index is -0.149. The SMILES string of the molecule is O=C(Nc1ccc2c(c1)-c1ccccc1C2)c1ccc(-n2cnnn2)cc1. The molecule has 0 fully saturated rings. The zero-order valence-electron chi connectivity index (χ0n) is 14.3. The lowest BCUT2D eigenvalue weighted by atomic mass is 10.1. The Morgan fingerprint density at radius 2 is 1.74 bits per heavy atom. The van der Waals surface area contributed by atoms with Gasteiger partial charge in [0.15, 0.2) is 0 Å². The number of fused-ring (bicyclic) bond motifs is 3. The maximum Gasteiger partial charge on any atom is 0.255 e. The van der Waals surface area contributed by atoms with Crippen LogP contribution in [-0.2, 0) is 6.42 Å². The van der Waals surface area contributed by atoms with Crippen molar-refractivity contribution in [3.63, 3.8) is 0 Å². The molecule has 1 heterocycles. The van der Waals surface area contributed by atoms with E-state index >= 15 is 0 Å². The standard InChI is InChI=1S/C21H15N5O/c27-21(14-6-9-18(10-7-14)26-13-22-24-25-26)23-17-8-5-16-11-15-3-1-2-4-19(15)20(16)12-17/h1-10,12-13H,11H2,(H,23,27). The number of hydrogen-bond acceptors (Lipinski definition) is 4. The van der Waals surface area contributed by atoms with Gasteiger partial charge >= 0.3 is 0 Å². The van der Waals surface area contributed by atoms with E-state index in [1.165, 1.54) is 28.6 Å². The van der Waals surface area contributed by atoms with Crippen LogP contribution in [0.4, 0.5) is 5.69 Å². The molecule has 1 N–H and O–H groups in total. The summed E-state index contributed by atoms with van der Waals surface area (Å²) in [6.45, 7) is 0. The monoisotopic (exact) mass is 353 g/mol. The fourth-order valence-corrected chi connectivity index (χ4v) is 3.45. The Morgan fingerprint density at radius 1 is 0.926 bits per heavy atom. The summed E-state index contributed by atoms with van der Waals surface area (Å²) in [4.78, 5) is 12.6. The van der Waals surface area contributed by atoms with E-state index in [0.29, 0.717) is 5.56 Å². The van der Waals surface area contributed by atoms with Gasteiger partial charge in [-0.1, -0.05) is 30.3 Å². The number of amides is 1. The molecule has 3 aromatic carbocycles. The molecule has 0 unspecified atom stereocenters. The molecule has 0 aliphatic heterocycles. The molecule has 0 radical (unpaired) electrons. The van der Waals surface area contributed by atoms with Crippen LogP contribution >= 0.6 is 0 Å². The summed E-state index contributed by atoms with van der Waals surface area (Å²) in [5.41, 5.74) is 7.22. The summed E-state index contributed by atoms with van der Waals surface area (Å²) in [6.07, 6.45) is 2.45. The maximum atomic E-state index is 12.6. The summed E-state index contributed by atoms with van der Waals surface area (Å²) in [7, 11) is 0. The molecule has 6 nitrogen and oxygen atoms in total. The predicted molar refractivity (Wildman–Crippen MR) is 102 cm³/mol.